The van der Waals surface area contributed by atoms with Gasteiger partial charge in [-0.25, -0.2) is 13.1 Å². The highest BCUT2D eigenvalue weighted by molar-refractivity contribution is 7.89. The van der Waals surface area contributed by atoms with Gasteiger partial charge in [-0.3, -0.25) is 9.69 Å². The van der Waals surface area contributed by atoms with Crippen molar-refractivity contribution in [2.24, 2.45) is 0 Å². The Bertz CT molecular complexity index is 681. The van der Waals surface area contributed by atoms with Crippen LogP contribution in [0.1, 0.15) is 49.4 Å². The van der Waals surface area contributed by atoms with E-state index < -0.39 is 10.0 Å². The van der Waals surface area contributed by atoms with Crippen molar-refractivity contribution in [3.8, 4) is 0 Å². The zero-order valence-corrected chi connectivity index (χ0v) is 14.3. The van der Waals surface area contributed by atoms with Crippen molar-refractivity contribution in [2.75, 3.05) is 13.1 Å². The fourth-order valence-corrected chi connectivity index (χ4v) is 4.96. The van der Waals surface area contributed by atoms with Crippen LogP contribution in [0, 0.1) is 0 Å². The molecule has 0 radical (unpaired) electrons. The van der Waals surface area contributed by atoms with E-state index in [0.29, 0.717) is 11.6 Å². The predicted octanol–water partition coefficient (Wildman–Crippen LogP) is 2.18. The average Bonchev–Trinajstić information content (AvgIpc) is 3.18. The summed E-state index contributed by atoms with van der Waals surface area (Å²) in [6.45, 7) is 3.19. The van der Waals surface area contributed by atoms with Gasteiger partial charge >= 0.3 is 0 Å². The van der Waals surface area contributed by atoms with Crippen LogP contribution >= 0.6 is 0 Å². The van der Waals surface area contributed by atoms with E-state index in [-0.39, 0.29) is 16.7 Å². The van der Waals surface area contributed by atoms with E-state index in [1.807, 2.05) is 0 Å². The molecule has 6 heteroatoms. The number of nitrogens with one attached hydrogen (secondary N) is 1. The topological polar surface area (TPSA) is 66.5 Å². The van der Waals surface area contributed by atoms with Crippen molar-refractivity contribution in [3.05, 3.63) is 29.8 Å². The Hall–Kier alpha value is -1.24. The average molecular weight is 336 g/mol. The molecular formula is C17H24N2O3S. The highest BCUT2D eigenvalue weighted by atomic mass is 32.2. The van der Waals surface area contributed by atoms with E-state index in [2.05, 4.69) is 9.62 Å². The lowest BCUT2D eigenvalue weighted by molar-refractivity contribution is 0.101. The number of likely N-dealkylation sites (tertiary alicyclic amines) is 1. The predicted molar refractivity (Wildman–Crippen MR) is 89.0 cm³/mol. The molecule has 1 saturated heterocycles. The molecule has 1 N–H and O–H groups in total. The van der Waals surface area contributed by atoms with Gasteiger partial charge in [-0.1, -0.05) is 25.0 Å². The highest BCUT2D eigenvalue weighted by Gasteiger charge is 2.32. The Morgan fingerprint density at radius 1 is 1.22 bits per heavy atom. The van der Waals surface area contributed by atoms with Crippen LogP contribution in [0.4, 0.5) is 0 Å². The van der Waals surface area contributed by atoms with Gasteiger partial charge < -0.3 is 0 Å². The molecule has 1 aliphatic heterocycles. The number of carbonyl (C=O) groups excluding carboxylic acids is 1. The molecule has 1 atom stereocenters. The normalized spacial score (nSPS) is 23.4. The Balaban J connectivity index is 1.67. The largest absolute Gasteiger partial charge is 0.299 e. The minimum Gasteiger partial charge on any atom is -0.299 e. The van der Waals surface area contributed by atoms with Gasteiger partial charge in [0.25, 0.3) is 0 Å². The van der Waals surface area contributed by atoms with Crippen LogP contribution < -0.4 is 4.72 Å². The summed E-state index contributed by atoms with van der Waals surface area (Å²) in [6.07, 6.45) is 5.90. The number of carbonyl (C=O) groups is 1. The molecule has 126 valence electrons. The van der Waals surface area contributed by atoms with Crippen molar-refractivity contribution < 1.29 is 13.2 Å². The van der Waals surface area contributed by atoms with E-state index in [1.165, 1.54) is 38.7 Å². The minimum absolute atomic E-state index is 0.0402. The summed E-state index contributed by atoms with van der Waals surface area (Å²) in [7, 11) is -3.58. The first-order valence-electron chi connectivity index (χ1n) is 8.33. The van der Waals surface area contributed by atoms with Gasteiger partial charge in [-0.05, 0) is 38.3 Å². The summed E-state index contributed by atoms with van der Waals surface area (Å²) in [5, 5.41) is 0. The maximum Gasteiger partial charge on any atom is 0.240 e. The molecule has 23 heavy (non-hydrogen) atoms. The van der Waals surface area contributed by atoms with Crippen molar-refractivity contribution >= 4 is 15.8 Å². The van der Waals surface area contributed by atoms with Gasteiger partial charge in [0.15, 0.2) is 5.78 Å². The Kier molecular flexibility index (Phi) is 4.85. The minimum atomic E-state index is -3.58. The highest BCUT2D eigenvalue weighted by Crippen LogP contribution is 2.27. The first-order valence-corrected chi connectivity index (χ1v) is 9.81. The fraction of sp³-hybridized carbons (Fsp3) is 0.588. The molecule has 0 aromatic heterocycles. The van der Waals surface area contributed by atoms with Crippen LogP contribution in [0.25, 0.3) is 0 Å². The number of ketones is 1. The van der Waals surface area contributed by atoms with E-state index in [1.54, 1.807) is 18.2 Å². The van der Waals surface area contributed by atoms with Crippen molar-refractivity contribution in [2.45, 2.75) is 56.0 Å². The molecule has 0 bridgehead atoms. The van der Waals surface area contributed by atoms with E-state index in [4.69, 9.17) is 0 Å². The van der Waals surface area contributed by atoms with Crippen molar-refractivity contribution in [1.29, 1.82) is 0 Å². The van der Waals surface area contributed by atoms with Gasteiger partial charge in [0.1, 0.15) is 0 Å². The van der Waals surface area contributed by atoms with Crippen LogP contribution in [-0.4, -0.2) is 44.3 Å². The standard InChI is InChI=1S/C17H24N2O3S/c1-13(20)14-5-4-8-17(11-14)23(21,22)18-15-9-10-19(12-15)16-6-2-3-7-16/h4-5,8,11,15-16,18H,2-3,6-7,9-10,12H2,1H3. The van der Waals surface area contributed by atoms with Crippen LogP contribution in [0.5, 0.6) is 0 Å². The second-order valence-corrected chi connectivity index (χ2v) is 8.34. The molecule has 5 nitrogen and oxygen atoms in total. The lowest BCUT2D eigenvalue weighted by Crippen LogP contribution is -2.39. The van der Waals surface area contributed by atoms with Gasteiger partial charge in [-0.15, -0.1) is 0 Å². The van der Waals surface area contributed by atoms with E-state index in [9.17, 15) is 13.2 Å². The molecule has 2 aliphatic rings. The van der Waals surface area contributed by atoms with Gasteiger partial charge in [0, 0.05) is 30.7 Å². The zero-order chi connectivity index (χ0) is 16.4. The van der Waals surface area contributed by atoms with Gasteiger partial charge in [0.05, 0.1) is 4.90 Å². The monoisotopic (exact) mass is 336 g/mol. The number of benzene rings is 1. The Morgan fingerprint density at radius 2 is 1.96 bits per heavy atom. The number of nitrogens with zero attached hydrogens (tertiary/aromatic N) is 1. The van der Waals surface area contributed by atoms with Crippen molar-refractivity contribution in [3.63, 3.8) is 0 Å². The van der Waals surface area contributed by atoms with Gasteiger partial charge in [0.2, 0.25) is 10.0 Å². The second kappa shape index (κ2) is 6.71. The Morgan fingerprint density at radius 3 is 2.65 bits per heavy atom. The smallest absolute Gasteiger partial charge is 0.240 e. The van der Waals surface area contributed by atoms with E-state index in [0.717, 1.165) is 19.5 Å². The molecule has 1 aromatic carbocycles. The molecule has 1 saturated carbocycles. The lowest BCUT2D eigenvalue weighted by Gasteiger charge is -2.23. The second-order valence-electron chi connectivity index (χ2n) is 6.62. The molecule has 1 heterocycles. The molecule has 1 aromatic rings. The third-order valence-electron chi connectivity index (χ3n) is 4.93. The summed E-state index contributed by atoms with van der Waals surface area (Å²) in [5.41, 5.74) is 0.423. The number of hydrogen-bond donors (Lipinski definition) is 1. The molecular weight excluding hydrogens is 312 g/mol. The zero-order valence-electron chi connectivity index (χ0n) is 13.5. The first kappa shape index (κ1) is 16.6. The number of hydrogen-bond acceptors (Lipinski definition) is 4. The third kappa shape index (κ3) is 3.82. The summed E-state index contributed by atoms with van der Waals surface area (Å²) in [6, 6.07) is 6.84. The van der Waals surface area contributed by atoms with Crippen molar-refractivity contribution in [1.82, 2.24) is 9.62 Å². The molecule has 1 aliphatic carbocycles. The van der Waals surface area contributed by atoms with E-state index >= 15 is 0 Å². The third-order valence-corrected chi connectivity index (χ3v) is 6.45. The molecule has 0 amide bonds. The van der Waals surface area contributed by atoms with Crippen LogP contribution in [0.2, 0.25) is 0 Å². The van der Waals surface area contributed by atoms with Crippen LogP contribution in [0.15, 0.2) is 29.2 Å². The quantitative estimate of drug-likeness (QED) is 0.837. The first-order chi connectivity index (χ1) is 11.0. The summed E-state index contributed by atoms with van der Waals surface area (Å²) >= 11 is 0. The molecule has 1 unspecified atom stereocenters. The van der Waals surface area contributed by atoms with Gasteiger partial charge in [-0.2, -0.15) is 0 Å². The number of Topliss-reactive ketones (excluding diaryl/α,β-unsaturated/α-hetero) is 1. The van der Waals surface area contributed by atoms with Crippen LogP contribution in [-0.2, 0) is 10.0 Å². The maximum absolute atomic E-state index is 12.5. The molecule has 3 rings (SSSR count). The lowest BCUT2D eigenvalue weighted by atomic mass is 10.2. The number of rotatable bonds is 5. The Labute approximate surface area is 138 Å². The number of sulfonamides is 1. The molecule has 2 fully saturated rings. The maximum atomic E-state index is 12.5. The summed E-state index contributed by atoms with van der Waals surface area (Å²) in [4.78, 5) is 14.0. The summed E-state index contributed by atoms with van der Waals surface area (Å²) < 4.78 is 27.9. The fourth-order valence-electron chi connectivity index (χ4n) is 3.65. The van der Waals surface area contributed by atoms with Crippen LogP contribution in [0.3, 0.4) is 0 Å². The summed E-state index contributed by atoms with van der Waals surface area (Å²) in [5.74, 6) is -0.129. The SMILES string of the molecule is CC(=O)c1cccc(S(=O)(=O)NC2CCN(C3CCCC3)C2)c1. The molecule has 0 spiro atoms.